The Bertz CT molecular complexity index is 515. The second-order valence-corrected chi connectivity index (χ2v) is 5.60. The van der Waals surface area contributed by atoms with Crippen LogP contribution in [-0.2, 0) is 0 Å². The molecule has 94 valence electrons. The Labute approximate surface area is 114 Å². The Morgan fingerprint density at radius 1 is 1.22 bits per heavy atom. The van der Waals surface area contributed by atoms with Gasteiger partial charge in [0.25, 0.3) is 5.91 Å². The monoisotopic (exact) mass is 278 g/mol. The summed E-state index contributed by atoms with van der Waals surface area (Å²) in [6.07, 6.45) is 1.87. The number of amides is 1. The Hall–Kier alpha value is -1.46. The van der Waals surface area contributed by atoms with Gasteiger partial charge in [0.2, 0.25) is 0 Å². The first kappa shape index (κ1) is 13.0. The first-order valence-electron chi connectivity index (χ1n) is 5.75. The minimum absolute atomic E-state index is 0.143. The number of carbonyl (C=O) groups excluding carboxylic acids is 1. The lowest BCUT2D eigenvalue weighted by atomic mass is 10.2. The summed E-state index contributed by atoms with van der Waals surface area (Å²) >= 11 is 3.06. The molecular weight excluding hydrogens is 264 g/mol. The topological polar surface area (TPSA) is 41.5 Å². The fourth-order valence-electron chi connectivity index (χ4n) is 1.49. The predicted molar refractivity (Wildman–Crippen MR) is 77.5 cm³/mol. The molecule has 5 heteroatoms. The molecule has 1 amide bonds. The van der Waals surface area contributed by atoms with Crippen LogP contribution in [0.1, 0.15) is 34.3 Å². The number of carbonyl (C=O) groups is 1. The van der Waals surface area contributed by atoms with Gasteiger partial charge < -0.3 is 0 Å². The minimum atomic E-state index is -0.143. The molecule has 0 aromatic carbocycles. The fraction of sp³-hybridized carbons (Fsp3) is 0.231. The van der Waals surface area contributed by atoms with Gasteiger partial charge in [-0.15, -0.1) is 22.7 Å². The van der Waals surface area contributed by atoms with Crippen LogP contribution in [0.15, 0.2) is 40.1 Å². The van der Waals surface area contributed by atoms with Crippen molar-refractivity contribution >= 4 is 34.3 Å². The smallest absolute Gasteiger partial charge is 0.266 e. The summed E-state index contributed by atoms with van der Waals surface area (Å²) in [5, 5.41) is 8.14. The third-order valence-corrected chi connectivity index (χ3v) is 4.12. The third kappa shape index (κ3) is 3.27. The van der Waals surface area contributed by atoms with Crippen LogP contribution in [0.2, 0.25) is 0 Å². The highest BCUT2D eigenvalue weighted by molar-refractivity contribution is 7.12. The molecule has 0 saturated carbocycles. The summed E-state index contributed by atoms with van der Waals surface area (Å²) in [4.78, 5) is 13.6. The largest absolute Gasteiger partial charge is 0.281 e. The quantitative estimate of drug-likeness (QED) is 0.657. The normalized spacial score (nSPS) is 11.5. The van der Waals surface area contributed by atoms with Crippen LogP contribution in [-0.4, -0.2) is 11.6 Å². The van der Waals surface area contributed by atoms with Gasteiger partial charge in [0, 0.05) is 0 Å². The summed E-state index contributed by atoms with van der Waals surface area (Å²) in [5.41, 5.74) is 3.57. The second kappa shape index (κ2) is 6.47. The van der Waals surface area contributed by atoms with Crippen molar-refractivity contribution < 1.29 is 4.79 Å². The van der Waals surface area contributed by atoms with E-state index in [1.165, 1.54) is 11.3 Å². The molecule has 2 heterocycles. The van der Waals surface area contributed by atoms with E-state index in [1.807, 2.05) is 29.0 Å². The molecule has 0 spiro atoms. The van der Waals surface area contributed by atoms with E-state index in [0.29, 0.717) is 4.88 Å². The van der Waals surface area contributed by atoms with Crippen molar-refractivity contribution in [3.05, 3.63) is 44.8 Å². The fourth-order valence-corrected chi connectivity index (χ4v) is 2.85. The first-order chi connectivity index (χ1) is 8.81. The molecule has 3 nitrogen and oxygen atoms in total. The van der Waals surface area contributed by atoms with Gasteiger partial charge in [-0.2, -0.15) is 5.10 Å². The molecule has 0 aliphatic heterocycles. The number of nitrogens with one attached hydrogen (secondary N) is 1. The molecule has 0 bridgehead atoms. The molecule has 0 aliphatic carbocycles. The maximum absolute atomic E-state index is 11.8. The third-order valence-electron chi connectivity index (χ3n) is 2.33. The highest BCUT2D eigenvalue weighted by Gasteiger charge is 2.07. The van der Waals surface area contributed by atoms with Crippen molar-refractivity contribution in [1.82, 2.24) is 5.43 Å². The summed E-state index contributed by atoms with van der Waals surface area (Å²) in [6.45, 7) is 2.10. The number of hydrogen-bond acceptors (Lipinski definition) is 4. The molecule has 0 radical (unpaired) electrons. The average molecular weight is 278 g/mol. The molecule has 0 saturated heterocycles. The molecule has 18 heavy (non-hydrogen) atoms. The highest BCUT2D eigenvalue weighted by Crippen LogP contribution is 2.13. The van der Waals surface area contributed by atoms with Crippen molar-refractivity contribution in [3.63, 3.8) is 0 Å². The SMILES string of the molecule is CCCC(=NNC(=O)c1cccs1)c1cccs1. The lowest BCUT2D eigenvalue weighted by Gasteiger charge is -2.03. The van der Waals surface area contributed by atoms with Crippen LogP contribution in [0.5, 0.6) is 0 Å². The summed E-state index contributed by atoms with van der Waals surface area (Å²) in [6, 6.07) is 7.67. The van der Waals surface area contributed by atoms with Gasteiger partial charge in [0.15, 0.2) is 0 Å². The van der Waals surface area contributed by atoms with Crippen LogP contribution in [0.4, 0.5) is 0 Å². The molecule has 1 N–H and O–H groups in total. The van der Waals surface area contributed by atoms with Gasteiger partial charge in [-0.3, -0.25) is 4.79 Å². The molecule has 0 aliphatic rings. The predicted octanol–water partition coefficient (Wildman–Crippen LogP) is 3.74. The van der Waals surface area contributed by atoms with E-state index in [-0.39, 0.29) is 5.91 Å². The van der Waals surface area contributed by atoms with Crippen molar-refractivity contribution in [1.29, 1.82) is 0 Å². The van der Waals surface area contributed by atoms with Crippen LogP contribution >= 0.6 is 22.7 Å². The maximum atomic E-state index is 11.8. The van der Waals surface area contributed by atoms with Crippen LogP contribution in [0, 0.1) is 0 Å². The van der Waals surface area contributed by atoms with Gasteiger partial charge in [0.1, 0.15) is 0 Å². The van der Waals surface area contributed by atoms with Crippen molar-refractivity contribution in [2.75, 3.05) is 0 Å². The van der Waals surface area contributed by atoms with E-state index in [9.17, 15) is 4.79 Å². The zero-order valence-corrected chi connectivity index (χ0v) is 11.7. The van der Waals surface area contributed by atoms with Crippen LogP contribution < -0.4 is 5.43 Å². The van der Waals surface area contributed by atoms with E-state index >= 15 is 0 Å². The lowest BCUT2D eigenvalue weighted by molar-refractivity contribution is 0.0959. The number of nitrogens with zero attached hydrogens (tertiary/aromatic N) is 1. The molecule has 0 atom stereocenters. The van der Waals surface area contributed by atoms with Crippen LogP contribution in [0.3, 0.4) is 0 Å². The van der Waals surface area contributed by atoms with Crippen LogP contribution in [0.25, 0.3) is 0 Å². The Morgan fingerprint density at radius 3 is 2.44 bits per heavy atom. The molecule has 2 rings (SSSR count). The highest BCUT2D eigenvalue weighted by atomic mass is 32.1. The summed E-state index contributed by atoms with van der Waals surface area (Å²) in [7, 11) is 0. The van der Waals surface area contributed by atoms with E-state index in [1.54, 1.807) is 17.4 Å². The standard InChI is InChI=1S/C13H14N2OS2/c1-2-5-10(11-6-3-8-17-11)14-15-13(16)12-7-4-9-18-12/h3-4,6-9H,2,5H2,1H3,(H,15,16). The average Bonchev–Trinajstić information content (AvgIpc) is 3.04. The number of thiophene rings is 2. The van der Waals surface area contributed by atoms with E-state index in [0.717, 1.165) is 23.4 Å². The van der Waals surface area contributed by atoms with E-state index in [4.69, 9.17) is 0 Å². The summed E-state index contributed by atoms with van der Waals surface area (Å²) < 4.78 is 0. The Kier molecular flexibility index (Phi) is 4.66. The molecular formula is C13H14N2OS2. The van der Waals surface area contributed by atoms with Crippen molar-refractivity contribution in [3.8, 4) is 0 Å². The maximum Gasteiger partial charge on any atom is 0.281 e. The van der Waals surface area contributed by atoms with Gasteiger partial charge in [-0.05, 0) is 29.3 Å². The summed E-state index contributed by atoms with van der Waals surface area (Å²) in [5.74, 6) is -0.143. The van der Waals surface area contributed by atoms with Gasteiger partial charge in [-0.1, -0.05) is 25.5 Å². The van der Waals surface area contributed by atoms with E-state index < -0.39 is 0 Å². The molecule has 2 aromatic rings. The first-order valence-corrected chi connectivity index (χ1v) is 7.51. The van der Waals surface area contributed by atoms with Crippen molar-refractivity contribution in [2.45, 2.75) is 19.8 Å². The van der Waals surface area contributed by atoms with Crippen molar-refractivity contribution in [2.24, 2.45) is 5.10 Å². The molecule has 0 fully saturated rings. The molecule has 0 unspecified atom stereocenters. The van der Waals surface area contributed by atoms with E-state index in [2.05, 4.69) is 17.5 Å². The Morgan fingerprint density at radius 2 is 1.89 bits per heavy atom. The van der Waals surface area contributed by atoms with Gasteiger partial charge in [0.05, 0.1) is 15.5 Å². The zero-order chi connectivity index (χ0) is 12.8. The number of rotatable bonds is 5. The molecule has 2 aromatic heterocycles. The second-order valence-electron chi connectivity index (χ2n) is 3.70. The lowest BCUT2D eigenvalue weighted by Crippen LogP contribution is -2.18. The Balaban J connectivity index is 2.07. The zero-order valence-electron chi connectivity index (χ0n) is 10.1. The number of hydrazone groups is 1. The van der Waals surface area contributed by atoms with Gasteiger partial charge in [-0.25, -0.2) is 5.43 Å². The minimum Gasteiger partial charge on any atom is -0.266 e. The van der Waals surface area contributed by atoms with Gasteiger partial charge >= 0.3 is 0 Å². The number of hydrogen-bond donors (Lipinski definition) is 1.